The van der Waals surface area contributed by atoms with Gasteiger partial charge in [-0.15, -0.1) is 0 Å². The summed E-state index contributed by atoms with van der Waals surface area (Å²) in [6, 6.07) is 7.65. The molecule has 0 aliphatic carbocycles. The molecular formula is C15H16ClN3O2. The van der Waals surface area contributed by atoms with Crippen molar-refractivity contribution < 1.29 is 9.90 Å². The Bertz CT molecular complexity index is 648. The van der Waals surface area contributed by atoms with E-state index in [9.17, 15) is 4.79 Å². The van der Waals surface area contributed by atoms with E-state index in [0.717, 1.165) is 5.56 Å². The standard InChI is InChI=1S/C15H16ClN3O2/c1-10(11-5-3-4-6-13(11)16)19(2)8-14-12(15(20)21)7-17-9-18-14/h3-7,9-10H,8H2,1-2H3,(H,20,21). The second-order valence-electron chi connectivity index (χ2n) is 4.80. The Morgan fingerprint density at radius 2 is 2.14 bits per heavy atom. The summed E-state index contributed by atoms with van der Waals surface area (Å²) in [4.78, 5) is 21.0. The summed E-state index contributed by atoms with van der Waals surface area (Å²) in [5.41, 5.74) is 1.60. The molecule has 1 atom stereocenters. The molecule has 1 unspecified atom stereocenters. The zero-order valence-electron chi connectivity index (χ0n) is 11.8. The lowest BCUT2D eigenvalue weighted by atomic mass is 10.1. The number of aromatic carboxylic acids is 1. The second kappa shape index (κ2) is 6.65. The first-order valence-electron chi connectivity index (χ1n) is 6.47. The van der Waals surface area contributed by atoms with E-state index in [-0.39, 0.29) is 11.6 Å². The largest absolute Gasteiger partial charge is 0.478 e. The molecule has 21 heavy (non-hydrogen) atoms. The Morgan fingerprint density at radius 1 is 1.43 bits per heavy atom. The lowest BCUT2D eigenvalue weighted by molar-refractivity contribution is 0.0693. The molecule has 110 valence electrons. The van der Waals surface area contributed by atoms with Crippen molar-refractivity contribution in [2.24, 2.45) is 0 Å². The number of halogens is 1. The van der Waals surface area contributed by atoms with E-state index in [1.165, 1.54) is 12.5 Å². The van der Waals surface area contributed by atoms with Gasteiger partial charge in [0.05, 0.1) is 5.69 Å². The van der Waals surface area contributed by atoms with Gasteiger partial charge in [0.1, 0.15) is 11.9 Å². The SMILES string of the molecule is CC(c1ccccc1Cl)N(C)Cc1ncncc1C(=O)O. The van der Waals surface area contributed by atoms with Crippen LogP contribution in [0.4, 0.5) is 0 Å². The molecule has 1 N–H and O–H groups in total. The topological polar surface area (TPSA) is 66.3 Å². The van der Waals surface area contributed by atoms with Crippen LogP contribution < -0.4 is 0 Å². The minimum Gasteiger partial charge on any atom is -0.478 e. The second-order valence-corrected chi connectivity index (χ2v) is 5.21. The Morgan fingerprint density at radius 3 is 2.81 bits per heavy atom. The van der Waals surface area contributed by atoms with Crippen molar-refractivity contribution in [3.8, 4) is 0 Å². The lowest BCUT2D eigenvalue weighted by Crippen LogP contribution is -2.24. The van der Waals surface area contributed by atoms with Crippen molar-refractivity contribution in [2.75, 3.05) is 7.05 Å². The first-order valence-corrected chi connectivity index (χ1v) is 6.85. The number of benzene rings is 1. The molecular weight excluding hydrogens is 290 g/mol. The zero-order valence-corrected chi connectivity index (χ0v) is 12.6. The first-order chi connectivity index (χ1) is 10.0. The zero-order chi connectivity index (χ0) is 15.4. The molecule has 0 amide bonds. The highest BCUT2D eigenvalue weighted by atomic mass is 35.5. The molecule has 1 aromatic heterocycles. The van der Waals surface area contributed by atoms with Crippen LogP contribution >= 0.6 is 11.6 Å². The molecule has 0 bridgehead atoms. The fraction of sp³-hybridized carbons (Fsp3) is 0.267. The van der Waals surface area contributed by atoms with E-state index in [1.54, 1.807) is 0 Å². The van der Waals surface area contributed by atoms with Crippen LogP contribution in [0, 0.1) is 0 Å². The lowest BCUT2D eigenvalue weighted by Gasteiger charge is -2.25. The van der Waals surface area contributed by atoms with E-state index in [0.29, 0.717) is 17.3 Å². The van der Waals surface area contributed by atoms with Crippen LogP contribution in [0.2, 0.25) is 5.02 Å². The molecule has 0 radical (unpaired) electrons. The molecule has 2 aromatic rings. The number of nitrogens with zero attached hydrogens (tertiary/aromatic N) is 3. The minimum absolute atomic E-state index is 0.0373. The van der Waals surface area contributed by atoms with Gasteiger partial charge in [0.25, 0.3) is 0 Å². The van der Waals surface area contributed by atoms with E-state index < -0.39 is 5.97 Å². The number of hydrogen-bond donors (Lipinski definition) is 1. The maximum absolute atomic E-state index is 11.2. The molecule has 0 saturated heterocycles. The third-order valence-electron chi connectivity index (χ3n) is 3.44. The average molecular weight is 306 g/mol. The van der Waals surface area contributed by atoms with Crippen LogP contribution in [0.25, 0.3) is 0 Å². The van der Waals surface area contributed by atoms with Gasteiger partial charge in [0, 0.05) is 23.8 Å². The monoisotopic (exact) mass is 305 g/mol. The number of carboxylic acids is 1. The predicted octanol–water partition coefficient (Wildman–Crippen LogP) is 3.02. The molecule has 1 heterocycles. The molecule has 6 heteroatoms. The third-order valence-corrected chi connectivity index (χ3v) is 3.79. The van der Waals surface area contributed by atoms with Crippen LogP contribution in [0.1, 0.15) is 34.6 Å². The van der Waals surface area contributed by atoms with Crippen LogP contribution in [-0.2, 0) is 6.54 Å². The Labute approximate surface area is 128 Å². The fourth-order valence-electron chi connectivity index (χ4n) is 2.08. The summed E-state index contributed by atoms with van der Waals surface area (Å²) in [5.74, 6) is -1.02. The Hall–Kier alpha value is -1.98. The minimum atomic E-state index is -1.02. The van der Waals surface area contributed by atoms with Gasteiger partial charge < -0.3 is 5.11 Å². The van der Waals surface area contributed by atoms with Gasteiger partial charge in [0.15, 0.2) is 0 Å². The number of carboxylic acid groups (broad SMARTS) is 1. The van der Waals surface area contributed by atoms with Crippen molar-refractivity contribution in [3.63, 3.8) is 0 Å². The average Bonchev–Trinajstić information content (AvgIpc) is 2.47. The van der Waals surface area contributed by atoms with Crippen molar-refractivity contribution in [3.05, 3.63) is 58.6 Å². The normalized spacial score (nSPS) is 12.4. The van der Waals surface area contributed by atoms with Gasteiger partial charge in [-0.25, -0.2) is 14.8 Å². The molecule has 2 rings (SSSR count). The van der Waals surface area contributed by atoms with Crippen LogP contribution in [0.3, 0.4) is 0 Å². The predicted molar refractivity (Wildman–Crippen MR) is 80.3 cm³/mol. The van der Waals surface area contributed by atoms with Crippen molar-refractivity contribution in [2.45, 2.75) is 19.5 Å². The maximum Gasteiger partial charge on any atom is 0.339 e. The Kier molecular flexibility index (Phi) is 4.88. The number of hydrogen-bond acceptors (Lipinski definition) is 4. The Balaban J connectivity index is 2.20. The molecule has 0 aliphatic heterocycles. The highest BCUT2D eigenvalue weighted by Crippen LogP contribution is 2.27. The highest BCUT2D eigenvalue weighted by molar-refractivity contribution is 6.31. The number of aromatic nitrogens is 2. The molecule has 0 aliphatic rings. The summed E-state index contributed by atoms with van der Waals surface area (Å²) >= 11 is 6.20. The highest BCUT2D eigenvalue weighted by Gasteiger charge is 2.18. The molecule has 0 spiro atoms. The van der Waals surface area contributed by atoms with E-state index >= 15 is 0 Å². The molecule has 0 saturated carbocycles. The fourth-order valence-corrected chi connectivity index (χ4v) is 2.38. The van der Waals surface area contributed by atoms with Crippen molar-refractivity contribution >= 4 is 17.6 Å². The van der Waals surface area contributed by atoms with Gasteiger partial charge in [0.2, 0.25) is 0 Å². The smallest absolute Gasteiger partial charge is 0.339 e. The van der Waals surface area contributed by atoms with Crippen LogP contribution in [0.5, 0.6) is 0 Å². The maximum atomic E-state index is 11.2. The summed E-state index contributed by atoms with van der Waals surface area (Å²) < 4.78 is 0. The quantitative estimate of drug-likeness (QED) is 0.919. The van der Waals surface area contributed by atoms with E-state index in [2.05, 4.69) is 9.97 Å². The number of carbonyl (C=O) groups is 1. The summed E-state index contributed by atoms with van der Waals surface area (Å²) in [6.07, 6.45) is 2.68. The summed E-state index contributed by atoms with van der Waals surface area (Å²) in [7, 11) is 1.90. The van der Waals surface area contributed by atoms with Gasteiger partial charge in [-0.3, -0.25) is 4.90 Å². The van der Waals surface area contributed by atoms with Crippen LogP contribution in [0.15, 0.2) is 36.8 Å². The van der Waals surface area contributed by atoms with Gasteiger partial charge in [-0.2, -0.15) is 0 Å². The van der Waals surface area contributed by atoms with Gasteiger partial charge in [-0.05, 0) is 25.6 Å². The van der Waals surface area contributed by atoms with Crippen molar-refractivity contribution in [1.82, 2.24) is 14.9 Å². The van der Waals surface area contributed by atoms with E-state index in [1.807, 2.05) is 43.1 Å². The summed E-state index contributed by atoms with van der Waals surface area (Å²) in [5, 5.41) is 9.85. The molecule has 1 aromatic carbocycles. The van der Waals surface area contributed by atoms with Gasteiger partial charge >= 0.3 is 5.97 Å². The van der Waals surface area contributed by atoms with E-state index in [4.69, 9.17) is 16.7 Å². The van der Waals surface area contributed by atoms with Crippen molar-refractivity contribution in [1.29, 1.82) is 0 Å². The van der Waals surface area contributed by atoms with Gasteiger partial charge in [-0.1, -0.05) is 29.8 Å². The molecule has 5 nitrogen and oxygen atoms in total. The third kappa shape index (κ3) is 3.56. The first kappa shape index (κ1) is 15.4. The van der Waals surface area contributed by atoms with Crippen LogP contribution in [-0.4, -0.2) is 33.0 Å². The summed E-state index contributed by atoms with van der Waals surface area (Å²) in [6.45, 7) is 2.42. The molecule has 0 fully saturated rings. The number of rotatable bonds is 5.